The summed E-state index contributed by atoms with van der Waals surface area (Å²) >= 11 is 0. The number of hydrogen-bond donors (Lipinski definition) is 6. The van der Waals surface area contributed by atoms with Gasteiger partial charge < -0.3 is 31.3 Å². The van der Waals surface area contributed by atoms with E-state index in [1.165, 1.54) is 6.07 Å². The lowest BCUT2D eigenvalue weighted by Crippen LogP contribution is -2.51. The second-order valence-electron chi connectivity index (χ2n) is 8.00. The van der Waals surface area contributed by atoms with Crippen molar-refractivity contribution in [3.05, 3.63) is 40.2 Å². The lowest BCUT2D eigenvalue weighted by atomic mass is 9.68. The van der Waals surface area contributed by atoms with E-state index < -0.39 is 41.1 Å². The van der Waals surface area contributed by atoms with E-state index in [-0.39, 0.29) is 43.3 Å². The molecular weight excluding hydrogens is 406 g/mol. The zero-order valence-corrected chi connectivity index (χ0v) is 17.6. The molecule has 1 aromatic rings. The first-order chi connectivity index (χ1) is 14.5. The average molecular weight is 435 g/mol. The van der Waals surface area contributed by atoms with Gasteiger partial charge in [-0.3, -0.25) is 14.4 Å². The molecule has 2 aliphatic rings. The molecule has 0 saturated carbocycles. The molecule has 3 rings (SSSR count). The first-order valence-electron chi connectivity index (χ1n) is 10.1. The number of carbonyl (C=O) groups is 3. The van der Waals surface area contributed by atoms with Crippen LogP contribution in [0.3, 0.4) is 0 Å². The summed E-state index contributed by atoms with van der Waals surface area (Å²) in [6.07, 6.45) is 0.430. The lowest BCUT2D eigenvalue weighted by Gasteiger charge is -2.40. The van der Waals surface area contributed by atoms with E-state index in [0.717, 1.165) is 5.56 Å². The Morgan fingerprint density at radius 1 is 1.13 bits per heavy atom. The maximum atomic E-state index is 12.6. The topological polar surface area (TPSA) is 178 Å². The molecule has 0 aromatic heterocycles. The molecular formula is C22H29NO8. The highest BCUT2D eigenvalue weighted by Crippen LogP contribution is 2.42. The van der Waals surface area contributed by atoms with Gasteiger partial charge in [0.2, 0.25) is 0 Å². The van der Waals surface area contributed by atoms with Crippen molar-refractivity contribution in [1.82, 2.24) is 0 Å². The van der Waals surface area contributed by atoms with Crippen LogP contribution in [0.1, 0.15) is 47.7 Å². The Kier molecular flexibility index (Phi) is 7.58. The number of rotatable bonds is 4. The van der Waals surface area contributed by atoms with E-state index in [9.17, 15) is 34.8 Å². The van der Waals surface area contributed by atoms with Gasteiger partial charge in [-0.2, -0.15) is 0 Å². The fraction of sp³-hybridized carbons (Fsp3) is 0.500. The number of benzene rings is 1. The number of Topliss-reactive ketones (excluding diaryl/α,β-unsaturated/α-hetero) is 2. The van der Waals surface area contributed by atoms with Crippen LogP contribution in [0.25, 0.3) is 0 Å². The number of carbonyl (C=O) groups excluding carboxylic acids is 3. The zero-order valence-electron chi connectivity index (χ0n) is 17.6. The second-order valence-corrected chi connectivity index (χ2v) is 8.00. The summed E-state index contributed by atoms with van der Waals surface area (Å²) in [5.41, 5.74) is 4.10. The number of aromatic hydroxyl groups is 1. The number of aliphatic hydroxyl groups excluding tert-OH is 3. The predicted octanol–water partition coefficient (Wildman–Crippen LogP) is 0.444. The number of nitrogens with two attached hydrogens (primary N) is 1. The Balaban J connectivity index is 0.00000107. The van der Waals surface area contributed by atoms with Gasteiger partial charge >= 0.3 is 0 Å². The molecule has 3 atom stereocenters. The highest BCUT2D eigenvalue weighted by atomic mass is 16.4. The minimum Gasteiger partial charge on any atom is -0.508 e. The van der Waals surface area contributed by atoms with Crippen LogP contribution >= 0.6 is 0 Å². The van der Waals surface area contributed by atoms with E-state index >= 15 is 0 Å². The van der Waals surface area contributed by atoms with E-state index in [1.807, 2.05) is 6.92 Å². The molecule has 9 nitrogen and oxygen atoms in total. The highest BCUT2D eigenvalue weighted by molar-refractivity contribution is 6.20. The Morgan fingerprint density at radius 3 is 2.29 bits per heavy atom. The number of phenols is 1. The van der Waals surface area contributed by atoms with Crippen LogP contribution < -0.4 is 5.73 Å². The van der Waals surface area contributed by atoms with Crippen LogP contribution in [0.4, 0.5) is 0 Å². The van der Waals surface area contributed by atoms with Crippen molar-refractivity contribution in [1.29, 1.82) is 0 Å². The molecule has 1 amide bonds. The number of phenolic OH excluding ortho intramolecular Hbond substituents is 1. The van der Waals surface area contributed by atoms with Crippen LogP contribution in [-0.2, 0) is 16.0 Å². The SMILES string of the molecule is CCO.Cc1ccc(O)c2c1C[C@@H](C[C@H]1CC(=O)C(C(N)=O)=C(O)[C@@]1(O)CO)CC2=O. The number of aryl methyl sites for hydroxylation is 1. The Bertz CT molecular complexity index is 922. The molecule has 0 aliphatic heterocycles. The van der Waals surface area contributed by atoms with Crippen molar-refractivity contribution in [2.45, 2.75) is 45.1 Å². The third-order valence-electron chi connectivity index (χ3n) is 5.91. The summed E-state index contributed by atoms with van der Waals surface area (Å²) in [5, 5.41) is 48.3. The van der Waals surface area contributed by atoms with Crippen LogP contribution in [-0.4, -0.2) is 61.8 Å². The summed E-state index contributed by atoms with van der Waals surface area (Å²) in [6.45, 7) is 2.86. The van der Waals surface area contributed by atoms with Crippen molar-refractivity contribution in [3.63, 3.8) is 0 Å². The fourth-order valence-electron chi connectivity index (χ4n) is 4.38. The largest absolute Gasteiger partial charge is 0.508 e. The standard InChI is InChI=1S/C20H23NO7.C2H6O/c1-9-2-3-13(23)16-12(9)5-10(6-14(16)24)4-11-7-15(25)17(19(21)27)18(26)20(11,28)8-22;1-2-3/h2-3,10-11,22-23,26,28H,4-8H2,1H3,(H2,21,27);3H,2H2,1H3/t10-,11+,20-;/m1./s1. The van der Waals surface area contributed by atoms with E-state index in [4.69, 9.17) is 10.8 Å². The van der Waals surface area contributed by atoms with Gasteiger partial charge in [0.1, 0.15) is 22.7 Å². The van der Waals surface area contributed by atoms with Crippen molar-refractivity contribution >= 4 is 17.5 Å². The van der Waals surface area contributed by atoms with Crippen LogP contribution in [0.2, 0.25) is 0 Å². The molecule has 170 valence electrons. The first kappa shape index (κ1) is 24.5. The number of fused-ring (bicyclic) bond motifs is 1. The van der Waals surface area contributed by atoms with E-state index in [0.29, 0.717) is 17.5 Å². The molecule has 7 N–H and O–H groups in total. The molecule has 9 heteroatoms. The maximum Gasteiger partial charge on any atom is 0.255 e. The maximum absolute atomic E-state index is 12.6. The van der Waals surface area contributed by atoms with Crippen molar-refractivity contribution in [2.75, 3.05) is 13.2 Å². The molecule has 0 spiro atoms. The monoisotopic (exact) mass is 435 g/mol. The van der Waals surface area contributed by atoms with Crippen molar-refractivity contribution < 1.29 is 39.9 Å². The molecule has 0 radical (unpaired) electrons. The molecule has 31 heavy (non-hydrogen) atoms. The summed E-state index contributed by atoms with van der Waals surface area (Å²) in [7, 11) is 0. The smallest absolute Gasteiger partial charge is 0.255 e. The minimum absolute atomic E-state index is 0.0737. The molecule has 0 unspecified atom stereocenters. The highest BCUT2D eigenvalue weighted by Gasteiger charge is 2.50. The molecule has 0 saturated heterocycles. The summed E-state index contributed by atoms with van der Waals surface area (Å²) in [4.78, 5) is 36.3. The van der Waals surface area contributed by atoms with Gasteiger partial charge in [0.05, 0.1) is 12.2 Å². The first-order valence-corrected chi connectivity index (χ1v) is 10.1. The quantitative estimate of drug-likeness (QED) is 0.369. The molecule has 0 bridgehead atoms. The fourth-order valence-corrected chi connectivity index (χ4v) is 4.38. The summed E-state index contributed by atoms with van der Waals surface area (Å²) in [5.74, 6) is -4.25. The number of aliphatic hydroxyl groups is 4. The third-order valence-corrected chi connectivity index (χ3v) is 5.91. The molecule has 0 heterocycles. The van der Waals surface area contributed by atoms with Gasteiger partial charge in [0.15, 0.2) is 11.6 Å². The molecule has 0 fully saturated rings. The third kappa shape index (κ3) is 4.63. The van der Waals surface area contributed by atoms with Crippen molar-refractivity contribution in [3.8, 4) is 5.75 Å². The average Bonchev–Trinajstić information content (AvgIpc) is 2.69. The van der Waals surface area contributed by atoms with Crippen LogP contribution in [0.5, 0.6) is 5.75 Å². The normalized spacial score (nSPS) is 25.6. The van der Waals surface area contributed by atoms with Crippen molar-refractivity contribution in [2.24, 2.45) is 17.6 Å². The predicted molar refractivity (Wildman–Crippen MR) is 110 cm³/mol. The van der Waals surface area contributed by atoms with E-state index in [2.05, 4.69) is 0 Å². The van der Waals surface area contributed by atoms with Gasteiger partial charge in [-0.05, 0) is 49.8 Å². The Labute approximate surface area is 179 Å². The van der Waals surface area contributed by atoms with Gasteiger partial charge in [0, 0.05) is 25.4 Å². The van der Waals surface area contributed by atoms with Gasteiger partial charge in [-0.15, -0.1) is 0 Å². The zero-order chi connectivity index (χ0) is 23.5. The van der Waals surface area contributed by atoms with Gasteiger partial charge in [-0.25, -0.2) is 0 Å². The number of hydrogen-bond acceptors (Lipinski definition) is 8. The number of amides is 1. The minimum atomic E-state index is -2.19. The van der Waals surface area contributed by atoms with Gasteiger partial charge in [0.25, 0.3) is 5.91 Å². The summed E-state index contributed by atoms with van der Waals surface area (Å²) < 4.78 is 0. The Hall–Kier alpha value is -2.75. The second kappa shape index (κ2) is 9.59. The van der Waals surface area contributed by atoms with Crippen LogP contribution in [0, 0.1) is 18.8 Å². The van der Waals surface area contributed by atoms with E-state index in [1.54, 1.807) is 13.0 Å². The number of primary amides is 1. The Morgan fingerprint density at radius 2 is 1.74 bits per heavy atom. The summed E-state index contributed by atoms with van der Waals surface area (Å²) in [6, 6.07) is 3.19. The molecule has 2 aliphatic carbocycles. The molecule has 1 aromatic carbocycles. The van der Waals surface area contributed by atoms with Crippen LogP contribution in [0.15, 0.2) is 23.5 Å². The van der Waals surface area contributed by atoms with Gasteiger partial charge in [-0.1, -0.05) is 6.07 Å². The number of ketones is 2. The lowest BCUT2D eigenvalue weighted by molar-refractivity contribution is -0.130.